The molecule has 0 saturated heterocycles. The number of hydrogen-bond acceptors (Lipinski definition) is 3. The second-order valence-corrected chi connectivity index (χ2v) is 4.68. The molecule has 17 heavy (non-hydrogen) atoms. The fourth-order valence-electron chi connectivity index (χ4n) is 1.73. The van der Waals surface area contributed by atoms with E-state index in [4.69, 9.17) is 0 Å². The number of hydrogen-bond donors (Lipinski definition) is 2. The van der Waals surface area contributed by atoms with Crippen LogP contribution in [-0.4, -0.2) is 23.0 Å². The lowest BCUT2D eigenvalue weighted by Gasteiger charge is -2.19. The molecule has 1 aliphatic carbocycles. The maximum Gasteiger partial charge on any atom is 0.237 e. The summed E-state index contributed by atoms with van der Waals surface area (Å²) in [7, 11) is 0. The normalized spacial score (nSPS) is 18.5. The van der Waals surface area contributed by atoms with E-state index in [0.29, 0.717) is 6.04 Å². The molecule has 1 aliphatic rings. The van der Waals surface area contributed by atoms with Crippen LogP contribution in [0.3, 0.4) is 0 Å². The molecule has 92 valence electrons. The summed E-state index contributed by atoms with van der Waals surface area (Å²) >= 11 is 0. The van der Waals surface area contributed by atoms with Crippen LogP contribution in [0.25, 0.3) is 0 Å². The Kier molecular flexibility index (Phi) is 3.74. The van der Waals surface area contributed by atoms with Crippen molar-refractivity contribution in [1.82, 2.24) is 15.6 Å². The number of rotatable bonds is 5. The zero-order valence-corrected chi connectivity index (χ0v) is 10.3. The Morgan fingerprint density at radius 2 is 2.24 bits per heavy atom. The molecule has 2 rings (SSSR count). The molecule has 1 amide bonds. The largest absolute Gasteiger partial charge is 0.352 e. The van der Waals surface area contributed by atoms with E-state index in [1.165, 1.54) is 0 Å². The lowest BCUT2D eigenvalue weighted by molar-refractivity contribution is -0.123. The molecule has 0 aromatic carbocycles. The van der Waals surface area contributed by atoms with Crippen molar-refractivity contribution in [1.29, 1.82) is 0 Å². The van der Waals surface area contributed by atoms with Crippen molar-refractivity contribution in [2.75, 3.05) is 0 Å². The van der Waals surface area contributed by atoms with Crippen LogP contribution < -0.4 is 10.6 Å². The van der Waals surface area contributed by atoms with Crippen molar-refractivity contribution < 1.29 is 4.79 Å². The van der Waals surface area contributed by atoms with Crippen LogP contribution in [0.15, 0.2) is 24.5 Å². The maximum atomic E-state index is 11.8. The summed E-state index contributed by atoms with van der Waals surface area (Å²) in [6, 6.07) is 4.29. The van der Waals surface area contributed by atoms with Gasteiger partial charge in [-0.25, -0.2) is 0 Å². The predicted octanol–water partition coefficient (Wildman–Crippen LogP) is 1.40. The Hall–Kier alpha value is -1.42. The molecule has 0 radical (unpaired) electrons. The van der Waals surface area contributed by atoms with E-state index in [-0.39, 0.29) is 18.0 Å². The van der Waals surface area contributed by atoms with Crippen molar-refractivity contribution in [3.63, 3.8) is 0 Å². The van der Waals surface area contributed by atoms with Crippen molar-refractivity contribution in [2.24, 2.45) is 0 Å². The van der Waals surface area contributed by atoms with Crippen LogP contribution in [-0.2, 0) is 4.79 Å². The summed E-state index contributed by atoms with van der Waals surface area (Å²) in [6.07, 6.45) is 5.82. The number of amides is 1. The van der Waals surface area contributed by atoms with Crippen molar-refractivity contribution >= 4 is 5.91 Å². The van der Waals surface area contributed by atoms with Gasteiger partial charge in [0.25, 0.3) is 0 Å². The summed E-state index contributed by atoms with van der Waals surface area (Å²) < 4.78 is 0. The molecular formula is C13H19N3O. The van der Waals surface area contributed by atoms with Gasteiger partial charge in [-0.3, -0.25) is 15.1 Å². The monoisotopic (exact) mass is 233 g/mol. The highest BCUT2D eigenvalue weighted by molar-refractivity contribution is 5.81. The number of carbonyl (C=O) groups excluding carboxylic acids is 1. The molecule has 4 nitrogen and oxygen atoms in total. The highest BCUT2D eigenvalue weighted by Crippen LogP contribution is 2.19. The van der Waals surface area contributed by atoms with E-state index in [1.807, 2.05) is 32.2 Å². The Morgan fingerprint density at radius 1 is 1.47 bits per heavy atom. The van der Waals surface area contributed by atoms with Gasteiger partial charge in [0.2, 0.25) is 5.91 Å². The van der Waals surface area contributed by atoms with Crippen LogP contribution in [0.4, 0.5) is 0 Å². The van der Waals surface area contributed by atoms with Crippen molar-refractivity contribution in [3.05, 3.63) is 30.1 Å². The molecular weight excluding hydrogens is 214 g/mol. The second-order valence-electron chi connectivity index (χ2n) is 4.68. The molecule has 2 unspecified atom stereocenters. The van der Waals surface area contributed by atoms with E-state index in [2.05, 4.69) is 15.6 Å². The molecule has 2 N–H and O–H groups in total. The maximum absolute atomic E-state index is 11.8. The molecule has 0 spiro atoms. The van der Waals surface area contributed by atoms with Crippen LogP contribution in [0.5, 0.6) is 0 Å². The van der Waals surface area contributed by atoms with Crippen LogP contribution in [0.2, 0.25) is 0 Å². The number of nitrogens with zero attached hydrogens (tertiary/aromatic N) is 1. The van der Waals surface area contributed by atoms with Gasteiger partial charge < -0.3 is 5.32 Å². The fraction of sp³-hybridized carbons (Fsp3) is 0.538. The van der Waals surface area contributed by atoms with Crippen LogP contribution in [0, 0.1) is 0 Å². The van der Waals surface area contributed by atoms with E-state index in [1.54, 1.807) is 6.20 Å². The van der Waals surface area contributed by atoms with Gasteiger partial charge in [-0.1, -0.05) is 6.07 Å². The highest BCUT2D eigenvalue weighted by atomic mass is 16.2. The first-order valence-corrected chi connectivity index (χ1v) is 6.13. The Labute approximate surface area is 102 Å². The van der Waals surface area contributed by atoms with E-state index < -0.39 is 0 Å². The summed E-state index contributed by atoms with van der Waals surface area (Å²) in [5.74, 6) is 0.0863. The second kappa shape index (κ2) is 5.27. The van der Waals surface area contributed by atoms with Gasteiger partial charge in [-0.2, -0.15) is 0 Å². The van der Waals surface area contributed by atoms with Gasteiger partial charge in [0, 0.05) is 24.5 Å². The lowest BCUT2D eigenvalue weighted by atomic mass is 10.1. The third-order valence-electron chi connectivity index (χ3n) is 3.00. The Bertz CT molecular complexity index is 376. The number of nitrogens with one attached hydrogen (secondary N) is 2. The minimum absolute atomic E-state index is 0.0863. The first kappa shape index (κ1) is 12.0. The standard InChI is InChI=1S/C13H19N3O/c1-9(11-4-3-7-14-8-11)15-10(2)13(17)16-12-5-6-12/h3-4,7-10,12,15H,5-6H2,1-2H3,(H,16,17). The molecule has 1 saturated carbocycles. The quantitative estimate of drug-likeness (QED) is 0.808. The summed E-state index contributed by atoms with van der Waals surface area (Å²) in [6.45, 7) is 3.93. The van der Waals surface area contributed by atoms with Crippen LogP contribution >= 0.6 is 0 Å². The van der Waals surface area contributed by atoms with Crippen molar-refractivity contribution in [2.45, 2.75) is 44.8 Å². The third kappa shape index (κ3) is 3.53. The summed E-state index contributed by atoms with van der Waals surface area (Å²) in [4.78, 5) is 15.8. The van der Waals surface area contributed by atoms with Gasteiger partial charge in [0.15, 0.2) is 0 Å². The smallest absolute Gasteiger partial charge is 0.237 e. The highest BCUT2D eigenvalue weighted by Gasteiger charge is 2.26. The van der Waals surface area contributed by atoms with Gasteiger partial charge in [-0.15, -0.1) is 0 Å². The van der Waals surface area contributed by atoms with Gasteiger partial charge in [0.1, 0.15) is 0 Å². The zero-order chi connectivity index (χ0) is 12.3. The van der Waals surface area contributed by atoms with Gasteiger partial charge in [-0.05, 0) is 38.3 Å². The molecule has 0 aliphatic heterocycles. The SMILES string of the molecule is CC(NC(C)c1cccnc1)C(=O)NC1CC1. The summed E-state index contributed by atoms with van der Waals surface area (Å²) in [5.41, 5.74) is 1.10. The Balaban J connectivity index is 1.84. The lowest BCUT2D eigenvalue weighted by Crippen LogP contribution is -2.43. The molecule has 1 fully saturated rings. The first-order valence-electron chi connectivity index (χ1n) is 6.13. The molecule has 1 aromatic heterocycles. The minimum Gasteiger partial charge on any atom is -0.352 e. The van der Waals surface area contributed by atoms with E-state index in [9.17, 15) is 4.79 Å². The predicted molar refractivity (Wildman–Crippen MR) is 66.4 cm³/mol. The molecule has 1 aromatic rings. The topological polar surface area (TPSA) is 54.0 Å². The minimum atomic E-state index is -0.175. The average molecular weight is 233 g/mol. The van der Waals surface area contributed by atoms with Crippen LogP contribution in [0.1, 0.15) is 38.3 Å². The van der Waals surface area contributed by atoms with Crippen molar-refractivity contribution in [3.8, 4) is 0 Å². The first-order chi connectivity index (χ1) is 8.16. The van der Waals surface area contributed by atoms with E-state index in [0.717, 1.165) is 18.4 Å². The number of pyridine rings is 1. The number of carbonyl (C=O) groups is 1. The molecule has 0 bridgehead atoms. The molecule has 2 atom stereocenters. The Morgan fingerprint density at radius 3 is 2.82 bits per heavy atom. The van der Waals surface area contributed by atoms with Gasteiger partial charge >= 0.3 is 0 Å². The zero-order valence-electron chi connectivity index (χ0n) is 10.3. The molecule has 1 heterocycles. The third-order valence-corrected chi connectivity index (χ3v) is 3.00. The fourth-order valence-corrected chi connectivity index (χ4v) is 1.73. The summed E-state index contributed by atoms with van der Waals surface area (Å²) in [5, 5.41) is 6.27. The average Bonchev–Trinajstić information content (AvgIpc) is 3.14. The van der Waals surface area contributed by atoms with E-state index >= 15 is 0 Å². The van der Waals surface area contributed by atoms with Gasteiger partial charge in [0.05, 0.1) is 6.04 Å². The number of aromatic nitrogens is 1. The molecule has 4 heteroatoms.